The normalized spacial score (nSPS) is 19.0. The second kappa shape index (κ2) is 8.91. The Hall–Kier alpha value is -2.13. The molecule has 0 saturated carbocycles. The smallest absolute Gasteiger partial charge is 0.223 e. The summed E-state index contributed by atoms with van der Waals surface area (Å²) in [6.07, 6.45) is 6.90. The summed E-state index contributed by atoms with van der Waals surface area (Å²) in [5.41, 5.74) is 5.58. The molecule has 3 nitrogen and oxygen atoms in total. The standard InChI is InChI=1S/C25H32N2O/c1-19(23-12-11-21-9-5-6-10-24(21)17-23)26-25(28)22-13-15-27(16-14-22)18-20-7-3-2-4-8-20/h2-4,7-8,11-12,17,19,22H,5-6,9-10,13-16,18H2,1H3,(H,26,28). The molecular formula is C25H32N2O. The molecule has 2 aromatic carbocycles. The molecule has 4 rings (SSSR count). The zero-order chi connectivity index (χ0) is 19.3. The predicted molar refractivity (Wildman–Crippen MR) is 114 cm³/mol. The van der Waals surface area contributed by atoms with Crippen molar-refractivity contribution in [2.24, 2.45) is 5.92 Å². The molecule has 1 saturated heterocycles. The summed E-state index contributed by atoms with van der Waals surface area (Å²) >= 11 is 0. The molecule has 0 bridgehead atoms. The highest BCUT2D eigenvalue weighted by molar-refractivity contribution is 5.79. The average Bonchev–Trinajstić information content (AvgIpc) is 2.74. The third-order valence-electron chi connectivity index (χ3n) is 6.44. The van der Waals surface area contributed by atoms with Crippen molar-refractivity contribution in [3.63, 3.8) is 0 Å². The van der Waals surface area contributed by atoms with Crippen molar-refractivity contribution in [3.05, 3.63) is 70.8 Å². The van der Waals surface area contributed by atoms with Gasteiger partial charge in [0, 0.05) is 12.5 Å². The predicted octanol–water partition coefficient (Wildman–Crippen LogP) is 4.65. The maximum Gasteiger partial charge on any atom is 0.223 e. The average molecular weight is 377 g/mol. The summed E-state index contributed by atoms with van der Waals surface area (Å²) in [7, 11) is 0. The number of nitrogens with one attached hydrogen (secondary N) is 1. The van der Waals surface area contributed by atoms with E-state index in [2.05, 4.69) is 65.7 Å². The molecular weight excluding hydrogens is 344 g/mol. The summed E-state index contributed by atoms with van der Waals surface area (Å²) in [4.78, 5) is 15.3. The summed E-state index contributed by atoms with van der Waals surface area (Å²) in [6, 6.07) is 17.5. The molecule has 1 atom stereocenters. The number of piperidine rings is 1. The second-order valence-electron chi connectivity index (χ2n) is 8.50. The van der Waals surface area contributed by atoms with Gasteiger partial charge in [-0.3, -0.25) is 9.69 Å². The highest BCUT2D eigenvalue weighted by Crippen LogP contribution is 2.26. The number of benzene rings is 2. The first-order valence-corrected chi connectivity index (χ1v) is 10.9. The van der Waals surface area contributed by atoms with E-state index in [9.17, 15) is 4.79 Å². The maximum absolute atomic E-state index is 12.8. The Labute approximate surface area is 169 Å². The van der Waals surface area contributed by atoms with E-state index in [4.69, 9.17) is 0 Å². The van der Waals surface area contributed by atoms with Crippen molar-refractivity contribution in [1.82, 2.24) is 10.2 Å². The van der Waals surface area contributed by atoms with Crippen LogP contribution in [0.4, 0.5) is 0 Å². The van der Waals surface area contributed by atoms with Gasteiger partial charge in [0.05, 0.1) is 6.04 Å². The van der Waals surface area contributed by atoms with Gasteiger partial charge in [0.1, 0.15) is 0 Å². The highest BCUT2D eigenvalue weighted by Gasteiger charge is 2.26. The first-order chi connectivity index (χ1) is 13.7. The van der Waals surface area contributed by atoms with Crippen molar-refractivity contribution < 1.29 is 4.79 Å². The van der Waals surface area contributed by atoms with Crippen LogP contribution in [-0.4, -0.2) is 23.9 Å². The Balaban J connectivity index is 1.28. The van der Waals surface area contributed by atoms with Crippen LogP contribution in [0.15, 0.2) is 48.5 Å². The second-order valence-corrected chi connectivity index (χ2v) is 8.50. The van der Waals surface area contributed by atoms with Crippen LogP contribution in [0.5, 0.6) is 0 Å². The van der Waals surface area contributed by atoms with E-state index in [-0.39, 0.29) is 17.9 Å². The number of aryl methyl sites for hydroxylation is 2. The molecule has 2 aliphatic rings. The van der Waals surface area contributed by atoms with Crippen molar-refractivity contribution in [3.8, 4) is 0 Å². The summed E-state index contributed by atoms with van der Waals surface area (Å²) < 4.78 is 0. The van der Waals surface area contributed by atoms with Crippen molar-refractivity contribution in [2.75, 3.05) is 13.1 Å². The van der Waals surface area contributed by atoms with Gasteiger partial charge in [-0.1, -0.05) is 48.5 Å². The fourth-order valence-corrected chi connectivity index (χ4v) is 4.63. The lowest BCUT2D eigenvalue weighted by molar-refractivity contribution is -0.127. The van der Waals surface area contributed by atoms with Crippen LogP contribution in [-0.2, 0) is 24.2 Å². The molecule has 1 unspecified atom stereocenters. The number of fused-ring (bicyclic) bond motifs is 1. The van der Waals surface area contributed by atoms with Gasteiger partial charge in [0.15, 0.2) is 0 Å². The van der Waals surface area contributed by atoms with E-state index in [0.29, 0.717) is 0 Å². The van der Waals surface area contributed by atoms with Gasteiger partial charge in [-0.25, -0.2) is 0 Å². The Bertz CT molecular complexity index is 793. The third kappa shape index (κ3) is 4.64. The highest BCUT2D eigenvalue weighted by atomic mass is 16.1. The molecule has 2 aromatic rings. The van der Waals surface area contributed by atoms with Gasteiger partial charge in [0.25, 0.3) is 0 Å². The van der Waals surface area contributed by atoms with Crippen LogP contribution in [0, 0.1) is 5.92 Å². The Kier molecular flexibility index (Phi) is 6.11. The molecule has 1 aliphatic heterocycles. The van der Waals surface area contributed by atoms with Crippen molar-refractivity contribution in [2.45, 2.75) is 58.0 Å². The Morgan fingerprint density at radius 2 is 1.75 bits per heavy atom. The number of hydrogen-bond donors (Lipinski definition) is 1. The Morgan fingerprint density at radius 1 is 1.04 bits per heavy atom. The van der Waals surface area contributed by atoms with Crippen LogP contribution in [0.3, 0.4) is 0 Å². The third-order valence-corrected chi connectivity index (χ3v) is 6.44. The lowest BCUT2D eigenvalue weighted by Gasteiger charge is -2.32. The number of likely N-dealkylation sites (tertiary alicyclic amines) is 1. The summed E-state index contributed by atoms with van der Waals surface area (Å²) in [5.74, 6) is 0.372. The van der Waals surface area contributed by atoms with Gasteiger partial charge >= 0.3 is 0 Å². The molecule has 1 N–H and O–H groups in total. The van der Waals surface area contributed by atoms with Crippen LogP contribution in [0.25, 0.3) is 0 Å². The molecule has 148 valence electrons. The monoisotopic (exact) mass is 376 g/mol. The van der Waals surface area contributed by atoms with Crippen molar-refractivity contribution >= 4 is 5.91 Å². The molecule has 1 amide bonds. The topological polar surface area (TPSA) is 32.3 Å². The van der Waals surface area contributed by atoms with Crippen LogP contribution < -0.4 is 5.32 Å². The first-order valence-electron chi connectivity index (χ1n) is 10.9. The van der Waals surface area contributed by atoms with E-state index in [1.54, 1.807) is 0 Å². The minimum atomic E-state index is 0.0853. The number of hydrogen-bond acceptors (Lipinski definition) is 2. The molecule has 0 spiro atoms. The molecule has 28 heavy (non-hydrogen) atoms. The van der Waals surface area contributed by atoms with Gasteiger partial charge < -0.3 is 5.32 Å². The van der Waals surface area contributed by atoms with Crippen LogP contribution in [0.2, 0.25) is 0 Å². The number of carbonyl (C=O) groups excluding carboxylic acids is 1. The van der Waals surface area contributed by atoms with E-state index >= 15 is 0 Å². The largest absolute Gasteiger partial charge is 0.349 e. The quantitative estimate of drug-likeness (QED) is 0.823. The van der Waals surface area contributed by atoms with E-state index in [0.717, 1.165) is 32.5 Å². The fraction of sp³-hybridized carbons (Fsp3) is 0.480. The summed E-state index contributed by atoms with van der Waals surface area (Å²) in [6.45, 7) is 5.11. The zero-order valence-electron chi connectivity index (χ0n) is 17.0. The molecule has 0 radical (unpaired) electrons. The van der Waals surface area contributed by atoms with Gasteiger partial charge in [-0.2, -0.15) is 0 Å². The summed E-state index contributed by atoms with van der Waals surface area (Å²) in [5, 5.41) is 3.28. The van der Waals surface area contributed by atoms with E-state index < -0.39 is 0 Å². The maximum atomic E-state index is 12.8. The SMILES string of the molecule is CC(NC(=O)C1CCN(Cc2ccccc2)CC1)c1ccc2c(c1)CCCC2. The van der Waals surface area contributed by atoms with Gasteiger partial charge in [0.2, 0.25) is 5.91 Å². The van der Waals surface area contributed by atoms with E-state index in [1.165, 1.54) is 47.9 Å². The molecule has 1 aliphatic carbocycles. The molecule has 1 heterocycles. The first kappa shape index (κ1) is 19.2. The van der Waals surface area contributed by atoms with Crippen molar-refractivity contribution in [1.29, 1.82) is 0 Å². The minimum absolute atomic E-state index is 0.0853. The fourth-order valence-electron chi connectivity index (χ4n) is 4.63. The number of nitrogens with zero attached hydrogens (tertiary/aromatic N) is 1. The van der Waals surface area contributed by atoms with Crippen LogP contribution >= 0.6 is 0 Å². The van der Waals surface area contributed by atoms with Crippen LogP contribution in [0.1, 0.15) is 60.9 Å². The molecule has 0 aromatic heterocycles. The minimum Gasteiger partial charge on any atom is -0.349 e. The number of carbonyl (C=O) groups is 1. The zero-order valence-corrected chi connectivity index (χ0v) is 17.0. The van der Waals surface area contributed by atoms with Gasteiger partial charge in [-0.15, -0.1) is 0 Å². The van der Waals surface area contributed by atoms with Gasteiger partial charge in [-0.05, 0) is 80.8 Å². The number of amides is 1. The number of rotatable bonds is 5. The Morgan fingerprint density at radius 3 is 2.50 bits per heavy atom. The molecule has 1 fully saturated rings. The lowest BCUT2D eigenvalue weighted by atomic mass is 9.89. The van der Waals surface area contributed by atoms with E-state index in [1.807, 2.05) is 0 Å². The lowest BCUT2D eigenvalue weighted by Crippen LogP contribution is -2.40. The molecule has 3 heteroatoms.